The van der Waals surface area contributed by atoms with Crippen LogP contribution >= 0.6 is 0 Å². The monoisotopic (exact) mass is 910 g/mol. The smallest absolute Gasteiger partial charge is 0.0790 e. The van der Waals surface area contributed by atoms with Gasteiger partial charge in [-0.2, -0.15) is 12.8 Å². The SMILES string of the molecule is [CH2-]CCC=CC[C@H]1C(C)=C(C)C(C)=C1c1ccc(C(O)CCCCC)cc1.[CH2-]CCC=CC[C@H]1C(C)C(C)=C(C)[C@@H]1c1ccc(C(O)CCCCC)cc1.[Y].[Y]. The van der Waals surface area contributed by atoms with Gasteiger partial charge in [0.05, 0.1) is 12.2 Å². The van der Waals surface area contributed by atoms with Crippen LogP contribution in [0.1, 0.15) is 186 Å². The number of unbranched alkanes of at least 4 members (excludes halogenated alkanes) is 6. The van der Waals surface area contributed by atoms with E-state index in [2.05, 4.69) is 142 Å². The Morgan fingerprint density at radius 3 is 1.57 bits per heavy atom. The Hall–Kier alpha value is -0.732. The molecule has 0 bridgehead atoms. The van der Waals surface area contributed by atoms with Gasteiger partial charge in [-0.05, 0) is 111 Å². The molecule has 0 aliphatic heterocycles. The molecule has 2 nitrogen and oxygen atoms in total. The van der Waals surface area contributed by atoms with Crippen molar-refractivity contribution < 1.29 is 75.6 Å². The topological polar surface area (TPSA) is 40.5 Å². The van der Waals surface area contributed by atoms with E-state index in [4.69, 9.17) is 0 Å². The van der Waals surface area contributed by atoms with E-state index in [0.717, 1.165) is 75.3 Å². The minimum absolute atomic E-state index is 0. The minimum Gasteiger partial charge on any atom is -0.388 e. The van der Waals surface area contributed by atoms with Gasteiger partial charge >= 0.3 is 0 Å². The number of rotatable bonds is 20. The quantitative estimate of drug-likeness (QED) is 0.0789. The maximum absolute atomic E-state index is 10.4. The molecule has 2 aliphatic carbocycles. The van der Waals surface area contributed by atoms with E-state index >= 15 is 0 Å². The van der Waals surface area contributed by atoms with E-state index in [1.165, 1.54) is 64.7 Å². The van der Waals surface area contributed by atoms with Crippen molar-refractivity contribution in [2.45, 2.75) is 163 Å². The molecule has 2 aromatic rings. The molecule has 0 amide bonds. The molecule has 2 aliphatic rings. The summed E-state index contributed by atoms with van der Waals surface area (Å²) in [6.07, 6.45) is 23.5. The number of hydrogen-bond acceptors (Lipinski definition) is 2. The fourth-order valence-electron chi connectivity index (χ4n) is 8.60. The number of aliphatic hydroxyl groups is 2. The van der Waals surface area contributed by atoms with E-state index < -0.39 is 0 Å². The second-order valence-electron chi connectivity index (χ2n) is 16.2. The van der Waals surface area contributed by atoms with Gasteiger partial charge in [0, 0.05) is 77.3 Å². The van der Waals surface area contributed by atoms with Crippen molar-refractivity contribution in [1.29, 1.82) is 0 Å². The molecule has 56 heavy (non-hydrogen) atoms. The number of aliphatic hydroxyl groups excluding tert-OH is 2. The van der Waals surface area contributed by atoms with Crippen molar-refractivity contribution >= 4 is 5.57 Å². The zero-order chi connectivity index (χ0) is 39.6. The molecule has 0 heterocycles. The maximum atomic E-state index is 10.4. The van der Waals surface area contributed by atoms with Gasteiger partial charge in [0.1, 0.15) is 0 Å². The van der Waals surface area contributed by atoms with Gasteiger partial charge in [0.2, 0.25) is 0 Å². The molecule has 6 atom stereocenters. The Morgan fingerprint density at radius 1 is 0.607 bits per heavy atom. The largest absolute Gasteiger partial charge is 0.388 e. The van der Waals surface area contributed by atoms with Crippen molar-refractivity contribution in [3.63, 3.8) is 0 Å². The van der Waals surface area contributed by atoms with Crippen LogP contribution < -0.4 is 0 Å². The standard InChI is InChI=1S/C26H39O.C26H37O.2Y/c2*1-6-8-10-12-13-24-20(4)19(3)21(5)26(24)23-17-15-22(16-18-23)25(27)14-11-9-7-2;;/h10,12,15-18,20,24-27H,1,6-9,11,13-14H2,2-5H3;10,12,15-18,24-25,27H,1,6-9,11,13-14H2,2-5H3;;/q2*-1;;/t20?,24-,25?,26+;24-,25?;;/m00../s1. The fraction of sp³-hybridized carbons (Fsp3) is 0.538. The Balaban J connectivity index is 0.000000541. The number of benzene rings is 2. The van der Waals surface area contributed by atoms with Gasteiger partial charge in [0.15, 0.2) is 0 Å². The number of hydrogen-bond donors (Lipinski definition) is 2. The average molecular weight is 911 g/mol. The predicted molar refractivity (Wildman–Crippen MR) is 236 cm³/mol. The molecule has 2 radical (unpaired) electrons. The molecule has 0 saturated carbocycles. The molecule has 3 unspecified atom stereocenters. The van der Waals surface area contributed by atoms with Crippen LogP contribution in [0.2, 0.25) is 0 Å². The summed E-state index contributed by atoms with van der Waals surface area (Å²) < 4.78 is 0. The van der Waals surface area contributed by atoms with Gasteiger partial charge < -0.3 is 24.1 Å². The van der Waals surface area contributed by atoms with Crippen LogP contribution in [0.5, 0.6) is 0 Å². The molecule has 0 aromatic heterocycles. The van der Waals surface area contributed by atoms with Crippen LogP contribution in [0.4, 0.5) is 0 Å². The van der Waals surface area contributed by atoms with Crippen LogP contribution in [-0.4, -0.2) is 10.2 Å². The molecule has 0 spiro atoms. The van der Waals surface area contributed by atoms with E-state index in [9.17, 15) is 10.2 Å². The fourth-order valence-corrected chi connectivity index (χ4v) is 8.60. The summed E-state index contributed by atoms with van der Waals surface area (Å²) in [5.74, 6) is 2.21. The molecule has 4 heteroatoms. The summed E-state index contributed by atoms with van der Waals surface area (Å²) in [5, 5.41) is 20.9. The van der Waals surface area contributed by atoms with Crippen LogP contribution in [0.25, 0.3) is 5.57 Å². The molecule has 0 saturated heterocycles. The van der Waals surface area contributed by atoms with E-state index in [-0.39, 0.29) is 77.6 Å². The van der Waals surface area contributed by atoms with Crippen molar-refractivity contribution in [1.82, 2.24) is 0 Å². The van der Waals surface area contributed by atoms with Gasteiger partial charge in [-0.1, -0.05) is 162 Å². The molecular formula is C52H76O2Y2-2. The van der Waals surface area contributed by atoms with Crippen LogP contribution in [0.3, 0.4) is 0 Å². The summed E-state index contributed by atoms with van der Waals surface area (Å²) in [6, 6.07) is 17.4. The maximum Gasteiger partial charge on any atom is 0.0790 e. The molecule has 2 aromatic carbocycles. The predicted octanol–water partition coefficient (Wildman–Crippen LogP) is 15.1. The van der Waals surface area contributed by atoms with E-state index in [1.54, 1.807) is 5.57 Å². The van der Waals surface area contributed by atoms with Crippen molar-refractivity contribution in [3.05, 3.63) is 137 Å². The molecule has 304 valence electrons. The summed E-state index contributed by atoms with van der Waals surface area (Å²) in [5.41, 5.74) is 13.7. The zero-order valence-corrected chi connectivity index (χ0v) is 42.4. The first-order valence-electron chi connectivity index (χ1n) is 21.5. The van der Waals surface area contributed by atoms with Crippen LogP contribution in [0.15, 0.2) is 101 Å². The van der Waals surface area contributed by atoms with Gasteiger partial charge in [-0.25, -0.2) is 0 Å². The van der Waals surface area contributed by atoms with Crippen LogP contribution in [-0.2, 0) is 65.4 Å². The second kappa shape index (κ2) is 28.7. The Kier molecular flexibility index (Phi) is 27.3. The van der Waals surface area contributed by atoms with Crippen LogP contribution in [0, 0.1) is 31.6 Å². The number of allylic oxidation sites excluding steroid dienone is 10. The summed E-state index contributed by atoms with van der Waals surface area (Å²) in [6.45, 7) is 26.0. The van der Waals surface area contributed by atoms with Gasteiger partial charge in [-0.3, -0.25) is 0 Å². The summed E-state index contributed by atoms with van der Waals surface area (Å²) in [7, 11) is 0. The van der Waals surface area contributed by atoms with Gasteiger partial charge in [0.25, 0.3) is 0 Å². The van der Waals surface area contributed by atoms with E-state index in [0.29, 0.717) is 23.7 Å². The first-order valence-corrected chi connectivity index (χ1v) is 21.5. The third-order valence-electron chi connectivity index (χ3n) is 12.6. The van der Waals surface area contributed by atoms with Gasteiger partial charge in [-0.15, -0.1) is 0 Å². The normalized spacial score (nSPS) is 20.7. The van der Waals surface area contributed by atoms with Crippen molar-refractivity contribution in [3.8, 4) is 0 Å². The Morgan fingerprint density at radius 2 is 1.09 bits per heavy atom. The molecule has 4 rings (SSSR count). The summed E-state index contributed by atoms with van der Waals surface area (Å²) in [4.78, 5) is 0. The van der Waals surface area contributed by atoms with Crippen molar-refractivity contribution in [2.75, 3.05) is 0 Å². The first kappa shape index (κ1) is 53.3. The Labute approximate surface area is 395 Å². The zero-order valence-electron chi connectivity index (χ0n) is 36.8. The molecular weight excluding hydrogens is 834 g/mol. The third kappa shape index (κ3) is 15.4. The van der Waals surface area contributed by atoms with E-state index in [1.807, 2.05) is 0 Å². The summed E-state index contributed by atoms with van der Waals surface area (Å²) >= 11 is 0. The Bertz CT molecular complexity index is 1560. The molecule has 0 fully saturated rings. The average Bonchev–Trinajstić information content (AvgIpc) is 3.53. The first-order chi connectivity index (χ1) is 26.0. The third-order valence-corrected chi connectivity index (χ3v) is 12.6. The van der Waals surface area contributed by atoms with Crippen molar-refractivity contribution in [2.24, 2.45) is 17.8 Å². The minimum atomic E-state index is -0.341. The molecule has 2 N–H and O–H groups in total. The second-order valence-corrected chi connectivity index (χ2v) is 16.2.